The molecule has 1 aliphatic heterocycles. The number of nitrogens with zero attached hydrogens (tertiary/aromatic N) is 1. The molecule has 0 saturated carbocycles. The third-order valence-electron chi connectivity index (χ3n) is 3.27. The van der Waals surface area contributed by atoms with E-state index in [1.54, 1.807) is 11.3 Å². The smallest absolute Gasteiger partial charge is 0.0897 e. The zero-order valence-corrected chi connectivity index (χ0v) is 10.6. The van der Waals surface area contributed by atoms with Gasteiger partial charge in [0, 0.05) is 18.4 Å². The summed E-state index contributed by atoms with van der Waals surface area (Å²) in [6.45, 7) is 4.99. The van der Waals surface area contributed by atoms with Crippen molar-refractivity contribution in [1.82, 2.24) is 10.4 Å². The summed E-state index contributed by atoms with van der Waals surface area (Å²) in [7, 11) is 0. The SMILES string of the molecule is Cc1nc(CC(NN)C2(C)CCCO2)cs1. The van der Waals surface area contributed by atoms with Crippen LogP contribution in [0.3, 0.4) is 0 Å². The summed E-state index contributed by atoms with van der Waals surface area (Å²) in [6.07, 6.45) is 3.01. The molecule has 16 heavy (non-hydrogen) atoms. The lowest BCUT2D eigenvalue weighted by molar-refractivity contribution is -0.0117. The van der Waals surface area contributed by atoms with Gasteiger partial charge in [-0.3, -0.25) is 11.3 Å². The molecule has 2 heterocycles. The van der Waals surface area contributed by atoms with Crippen LogP contribution in [0.25, 0.3) is 0 Å². The highest BCUT2D eigenvalue weighted by molar-refractivity contribution is 7.09. The lowest BCUT2D eigenvalue weighted by Gasteiger charge is -2.32. The summed E-state index contributed by atoms with van der Waals surface area (Å²) in [5.74, 6) is 5.64. The van der Waals surface area contributed by atoms with Crippen molar-refractivity contribution in [2.75, 3.05) is 6.61 Å². The summed E-state index contributed by atoms with van der Waals surface area (Å²) in [5.41, 5.74) is 3.83. The zero-order valence-electron chi connectivity index (χ0n) is 9.82. The molecule has 1 aromatic heterocycles. The lowest BCUT2D eigenvalue weighted by Crippen LogP contribution is -2.52. The van der Waals surface area contributed by atoms with E-state index in [2.05, 4.69) is 22.7 Å². The summed E-state index contributed by atoms with van der Waals surface area (Å²) >= 11 is 1.68. The maximum atomic E-state index is 5.81. The van der Waals surface area contributed by atoms with Crippen LogP contribution in [0.4, 0.5) is 0 Å². The van der Waals surface area contributed by atoms with Crippen molar-refractivity contribution in [2.24, 2.45) is 5.84 Å². The molecule has 0 radical (unpaired) electrons. The molecule has 1 aliphatic rings. The van der Waals surface area contributed by atoms with E-state index in [1.807, 2.05) is 6.92 Å². The summed E-state index contributed by atoms with van der Waals surface area (Å²) in [6, 6.07) is 0.136. The molecule has 2 unspecified atom stereocenters. The van der Waals surface area contributed by atoms with Crippen molar-refractivity contribution < 1.29 is 4.74 Å². The minimum atomic E-state index is -0.147. The van der Waals surface area contributed by atoms with E-state index in [1.165, 1.54) is 0 Å². The van der Waals surface area contributed by atoms with Gasteiger partial charge in [-0.05, 0) is 26.7 Å². The first-order valence-electron chi connectivity index (χ1n) is 5.65. The fraction of sp³-hybridized carbons (Fsp3) is 0.727. The van der Waals surface area contributed by atoms with Gasteiger partial charge in [0.05, 0.1) is 22.3 Å². The fourth-order valence-corrected chi connectivity index (χ4v) is 2.86. The lowest BCUT2D eigenvalue weighted by atomic mass is 9.90. The van der Waals surface area contributed by atoms with Gasteiger partial charge in [-0.2, -0.15) is 0 Å². The maximum absolute atomic E-state index is 5.81. The second kappa shape index (κ2) is 4.79. The molecule has 5 heteroatoms. The zero-order chi connectivity index (χ0) is 11.6. The molecule has 2 rings (SSSR count). The van der Waals surface area contributed by atoms with Crippen molar-refractivity contribution in [3.63, 3.8) is 0 Å². The molecule has 1 saturated heterocycles. The first kappa shape index (κ1) is 12.0. The number of ether oxygens (including phenoxy) is 1. The molecule has 1 fully saturated rings. The van der Waals surface area contributed by atoms with E-state index >= 15 is 0 Å². The number of aryl methyl sites for hydroxylation is 1. The minimum Gasteiger partial charge on any atom is -0.374 e. The molecular weight excluding hydrogens is 222 g/mol. The number of nitrogens with one attached hydrogen (secondary N) is 1. The number of hydrogen-bond acceptors (Lipinski definition) is 5. The summed E-state index contributed by atoms with van der Waals surface area (Å²) in [5, 5.41) is 3.20. The molecule has 2 atom stereocenters. The number of rotatable bonds is 4. The molecule has 0 bridgehead atoms. The normalized spacial score (nSPS) is 27.2. The van der Waals surface area contributed by atoms with Crippen LogP contribution in [0.2, 0.25) is 0 Å². The van der Waals surface area contributed by atoms with Gasteiger partial charge in [0.1, 0.15) is 0 Å². The fourth-order valence-electron chi connectivity index (χ4n) is 2.24. The maximum Gasteiger partial charge on any atom is 0.0897 e. The van der Waals surface area contributed by atoms with Crippen molar-refractivity contribution in [3.8, 4) is 0 Å². The quantitative estimate of drug-likeness (QED) is 0.618. The number of thiazole rings is 1. The Morgan fingerprint density at radius 3 is 3.06 bits per heavy atom. The van der Waals surface area contributed by atoms with Gasteiger partial charge >= 0.3 is 0 Å². The van der Waals surface area contributed by atoms with E-state index in [9.17, 15) is 0 Å². The van der Waals surface area contributed by atoms with Gasteiger partial charge in [0.25, 0.3) is 0 Å². The Labute approximate surface area is 100 Å². The summed E-state index contributed by atoms with van der Waals surface area (Å²) in [4.78, 5) is 4.47. The Bertz CT molecular complexity index is 347. The number of aromatic nitrogens is 1. The minimum absolute atomic E-state index is 0.136. The van der Waals surface area contributed by atoms with Crippen LogP contribution in [0.1, 0.15) is 30.5 Å². The van der Waals surface area contributed by atoms with Gasteiger partial charge in [-0.25, -0.2) is 4.98 Å². The van der Waals surface area contributed by atoms with Crippen LogP contribution < -0.4 is 11.3 Å². The highest BCUT2D eigenvalue weighted by Gasteiger charge is 2.38. The monoisotopic (exact) mass is 241 g/mol. The molecule has 0 spiro atoms. The molecular formula is C11H19N3OS. The van der Waals surface area contributed by atoms with Crippen LogP contribution >= 0.6 is 11.3 Å². The first-order chi connectivity index (χ1) is 7.64. The second-order valence-corrected chi connectivity index (χ2v) is 5.61. The molecule has 0 aliphatic carbocycles. The molecule has 3 N–H and O–H groups in total. The molecule has 0 aromatic carbocycles. The standard InChI is InChI=1S/C11H19N3OS/c1-8-13-9(7-16-8)6-10(14-12)11(2)4-3-5-15-11/h7,10,14H,3-6,12H2,1-2H3. The highest BCUT2D eigenvalue weighted by Crippen LogP contribution is 2.30. The van der Waals surface area contributed by atoms with Crippen LogP contribution in [0.5, 0.6) is 0 Å². The van der Waals surface area contributed by atoms with E-state index in [4.69, 9.17) is 10.6 Å². The van der Waals surface area contributed by atoms with E-state index in [0.29, 0.717) is 0 Å². The first-order valence-corrected chi connectivity index (χ1v) is 6.53. The predicted octanol–water partition coefficient (Wildman–Crippen LogP) is 1.40. The Morgan fingerprint density at radius 2 is 2.56 bits per heavy atom. The van der Waals surface area contributed by atoms with Gasteiger partial charge in [0.15, 0.2) is 0 Å². The van der Waals surface area contributed by atoms with Crippen molar-refractivity contribution in [2.45, 2.75) is 44.8 Å². The van der Waals surface area contributed by atoms with E-state index in [-0.39, 0.29) is 11.6 Å². The predicted molar refractivity (Wildman–Crippen MR) is 65.3 cm³/mol. The third-order valence-corrected chi connectivity index (χ3v) is 4.09. The Morgan fingerprint density at radius 1 is 1.75 bits per heavy atom. The molecule has 4 nitrogen and oxygen atoms in total. The third kappa shape index (κ3) is 2.43. The summed E-state index contributed by atoms with van der Waals surface area (Å²) < 4.78 is 5.81. The van der Waals surface area contributed by atoms with Crippen LogP contribution in [-0.2, 0) is 11.2 Å². The van der Waals surface area contributed by atoms with E-state index < -0.39 is 0 Å². The van der Waals surface area contributed by atoms with Crippen molar-refractivity contribution in [3.05, 3.63) is 16.1 Å². The van der Waals surface area contributed by atoms with E-state index in [0.717, 1.165) is 36.6 Å². The topological polar surface area (TPSA) is 60.2 Å². The van der Waals surface area contributed by atoms with Gasteiger partial charge < -0.3 is 4.74 Å². The van der Waals surface area contributed by atoms with Crippen LogP contribution in [0, 0.1) is 6.92 Å². The Kier molecular flexibility index (Phi) is 3.59. The molecule has 0 amide bonds. The van der Waals surface area contributed by atoms with Crippen LogP contribution in [-0.4, -0.2) is 23.2 Å². The Balaban J connectivity index is 2.05. The Hall–Kier alpha value is -0.490. The van der Waals surface area contributed by atoms with Gasteiger partial charge in [-0.15, -0.1) is 11.3 Å². The second-order valence-electron chi connectivity index (χ2n) is 4.55. The average molecular weight is 241 g/mol. The number of nitrogens with two attached hydrogens (primary N) is 1. The average Bonchev–Trinajstić information content (AvgIpc) is 2.85. The molecule has 90 valence electrons. The molecule has 1 aromatic rings. The highest BCUT2D eigenvalue weighted by atomic mass is 32.1. The number of hydrazine groups is 1. The van der Waals surface area contributed by atoms with Crippen LogP contribution in [0.15, 0.2) is 5.38 Å². The number of hydrogen-bond donors (Lipinski definition) is 2. The largest absolute Gasteiger partial charge is 0.374 e. The van der Waals surface area contributed by atoms with Crippen molar-refractivity contribution in [1.29, 1.82) is 0 Å². The van der Waals surface area contributed by atoms with Gasteiger partial charge in [0.2, 0.25) is 0 Å². The van der Waals surface area contributed by atoms with Crippen molar-refractivity contribution >= 4 is 11.3 Å². The van der Waals surface area contributed by atoms with Gasteiger partial charge in [-0.1, -0.05) is 0 Å².